The Morgan fingerprint density at radius 1 is 1.18 bits per heavy atom. The minimum absolute atomic E-state index is 0. The standard InChI is InChI=1S/C16H17N3O2.ClH/c1-2-9-18-12-6-3-4-7-13(12)19(16(18)17)11-14(20)15-8-5-10-21-15;/h2-8,10,14,17,20H,1,9,11H2;1H/p-1. The van der Waals surface area contributed by atoms with Crippen LogP contribution in [0.15, 0.2) is 59.7 Å². The summed E-state index contributed by atoms with van der Waals surface area (Å²) in [6, 6.07) is 11.3. The van der Waals surface area contributed by atoms with E-state index in [1.54, 1.807) is 22.8 Å². The molecule has 5 nitrogen and oxygen atoms in total. The average Bonchev–Trinajstić information content (AvgIpc) is 3.11. The van der Waals surface area contributed by atoms with Gasteiger partial charge >= 0.3 is 0 Å². The van der Waals surface area contributed by atoms with Gasteiger partial charge in [-0.2, -0.15) is 0 Å². The van der Waals surface area contributed by atoms with E-state index in [0.29, 0.717) is 17.9 Å². The third-order valence-corrected chi connectivity index (χ3v) is 3.51. The normalized spacial score (nSPS) is 12.0. The zero-order valence-corrected chi connectivity index (χ0v) is 12.7. The third kappa shape index (κ3) is 2.73. The molecule has 0 fully saturated rings. The molecule has 1 atom stereocenters. The lowest BCUT2D eigenvalue weighted by atomic mass is 10.2. The molecule has 0 amide bonds. The number of halogens is 1. The van der Waals surface area contributed by atoms with Gasteiger partial charge in [0.25, 0.3) is 0 Å². The number of aliphatic hydroxyl groups is 1. The van der Waals surface area contributed by atoms with Gasteiger partial charge < -0.3 is 31.1 Å². The van der Waals surface area contributed by atoms with Gasteiger partial charge in [0, 0.05) is 6.54 Å². The smallest absolute Gasteiger partial charge is 0.203 e. The first-order valence-corrected chi connectivity index (χ1v) is 6.77. The largest absolute Gasteiger partial charge is 1.00 e. The lowest BCUT2D eigenvalue weighted by Crippen LogP contribution is -3.00. The predicted molar refractivity (Wildman–Crippen MR) is 79.6 cm³/mol. The zero-order chi connectivity index (χ0) is 14.8. The van der Waals surface area contributed by atoms with E-state index in [0.717, 1.165) is 11.0 Å². The number of aliphatic hydroxyl groups excluding tert-OH is 1. The molecular formula is C16H17ClN3O2-. The summed E-state index contributed by atoms with van der Waals surface area (Å²) in [4.78, 5) is 0. The second kappa shape index (κ2) is 6.68. The summed E-state index contributed by atoms with van der Waals surface area (Å²) in [5, 5.41) is 18.6. The van der Waals surface area contributed by atoms with Gasteiger partial charge in [-0.3, -0.25) is 5.41 Å². The number of furan rings is 1. The van der Waals surface area contributed by atoms with E-state index in [1.807, 2.05) is 28.8 Å². The van der Waals surface area contributed by atoms with E-state index < -0.39 is 6.10 Å². The second-order valence-corrected chi connectivity index (χ2v) is 4.85. The van der Waals surface area contributed by atoms with Crippen LogP contribution in [-0.2, 0) is 13.1 Å². The Balaban J connectivity index is 0.00000176. The maximum absolute atomic E-state index is 10.3. The first kappa shape index (κ1) is 16.1. The highest BCUT2D eigenvalue weighted by molar-refractivity contribution is 5.75. The molecular weight excluding hydrogens is 302 g/mol. The molecule has 2 N–H and O–H groups in total. The van der Waals surface area contributed by atoms with Crippen molar-refractivity contribution >= 4 is 11.0 Å². The predicted octanol–water partition coefficient (Wildman–Crippen LogP) is -0.561. The van der Waals surface area contributed by atoms with Crippen LogP contribution in [0.5, 0.6) is 0 Å². The molecule has 6 heteroatoms. The molecule has 1 aromatic carbocycles. The summed E-state index contributed by atoms with van der Waals surface area (Å²) in [6.07, 6.45) is 2.51. The molecule has 0 saturated heterocycles. The summed E-state index contributed by atoms with van der Waals surface area (Å²) >= 11 is 0. The lowest BCUT2D eigenvalue weighted by molar-refractivity contribution is -0.00000637. The fourth-order valence-electron chi connectivity index (χ4n) is 2.54. The topological polar surface area (TPSA) is 67.1 Å². The van der Waals surface area contributed by atoms with Crippen molar-refractivity contribution in [1.29, 1.82) is 5.41 Å². The molecule has 0 saturated carbocycles. The molecule has 2 heterocycles. The maximum Gasteiger partial charge on any atom is 0.203 e. The number of para-hydroxylation sites is 2. The number of imidazole rings is 1. The van der Waals surface area contributed by atoms with E-state index in [2.05, 4.69) is 6.58 Å². The summed E-state index contributed by atoms with van der Waals surface area (Å²) < 4.78 is 8.87. The van der Waals surface area contributed by atoms with Crippen LogP contribution in [0, 0.1) is 5.41 Å². The van der Waals surface area contributed by atoms with Gasteiger partial charge in [-0.1, -0.05) is 18.2 Å². The number of benzene rings is 1. The fourth-order valence-corrected chi connectivity index (χ4v) is 2.54. The van der Waals surface area contributed by atoms with E-state index in [1.165, 1.54) is 6.26 Å². The van der Waals surface area contributed by atoms with Crippen molar-refractivity contribution in [3.63, 3.8) is 0 Å². The number of hydrogen-bond acceptors (Lipinski definition) is 3. The van der Waals surface area contributed by atoms with Crippen molar-refractivity contribution in [2.24, 2.45) is 0 Å². The molecule has 116 valence electrons. The van der Waals surface area contributed by atoms with Crippen molar-refractivity contribution in [3.8, 4) is 0 Å². The molecule has 3 aromatic rings. The Labute approximate surface area is 134 Å². The molecule has 1 unspecified atom stereocenters. The number of aromatic nitrogens is 2. The van der Waals surface area contributed by atoms with E-state index >= 15 is 0 Å². The van der Waals surface area contributed by atoms with Crippen LogP contribution in [0.1, 0.15) is 11.9 Å². The highest BCUT2D eigenvalue weighted by Crippen LogP contribution is 2.19. The molecule has 2 aromatic heterocycles. The van der Waals surface area contributed by atoms with Crippen LogP contribution in [0.4, 0.5) is 0 Å². The molecule has 0 aliphatic heterocycles. The summed E-state index contributed by atoms with van der Waals surface area (Å²) in [6.45, 7) is 4.57. The summed E-state index contributed by atoms with van der Waals surface area (Å²) in [5.74, 6) is 0.502. The number of nitrogens with zero attached hydrogens (tertiary/aromatic N) is 2. The fraction of sp³-hybridized carbons (Fsp3) is 0.188. The SMILES string of the molecule is C=CCn1c(=N)n(CC(O)c2ccco2)c2ccccc21.[Cl-]. The number of rotatable bonds is 5. The van der Waals surface area contributed by atoms with E-state index in [4.69, 9.17) is 9.83 Å². The minimum atomic E-state index is -0.780. The van der Waals surface area contributed by atoms with Crippen molar-refractivity contribution in [1.82, 2.24) is 9.13 Å². The van der Waals surface area contributed by atoms with Gasteiger partial charge in [-0.15, -0.1) is 6.58 Å². The van der Waals surface area contributed by atoms with Crippen LogP contribution in [0.2, 0.25) is 0 Å². The number of fused-ring (bicyclic) bond motifs is 1. The lowest BCUT2D eigenvalue weighted by Gasteiger charge is -2.09. The zero-order valence-electron chi connectivity index (χ0n) is 11.9. The monoisotopic (exact) mass is 318 g/mol. The highest BCUT2D eigenvalue weighted by atomic mass is 35.5. The molecule has 0 aliphatic carbocycles. The molecule has 0 aliphatic rings. The Morgan fingerprint density at radius 2 is 1.86 bits per heavy atom. The molecule has 0 radical (unpaired) electrons. The Morgan fingerprint density at radius 3 is 2.45 bits per heavy atom. The number of nitrogens with one attached hydrogen (secondary N) is 1. The highest BCUT2D eigenvalue weighted by Gasteiger charge is 2.16. The minimum Gasteiger partial charge on any atom is -1.00 e. The third-order valence-electron chi connectivity index (χ3n) is 3.51. The van der Waals surface area contributed by atoms with Crippen LogP contribution < -0.4 is 18.0 Å². The Hall–Kier alpha value is -2.24. The molecule has 0 spiro atoms. The molecule has 0 bridgehead atoms. The molecule has 3 rings (SSSR count). The first-order chi connectivity index (χ1) is 10.2. The van der Waals surface area contributed by atoms with Crippen LogP contribution in [0.25, 0.3) is 11.0 Å². The quantitative estimate of drug-likeness (QED) is 0.619. The first-order valence-electron chi connectivity index (χ1n) is 6.77. The van der Waals surface area contributed by atoms with Gasteiger partial charge in [0.1, 0.15) is 11.9 Å². The van der Waals surface area contributed by atoms with Gasteiger partial charge in [0.05, 0.1) is 23.8 Å². The van der Waals surface area contributed by atoms with Crippen molar-refractivity contribution in [3.05, 3.63) is 66.7 Å². The summed E-state index contributed by atoms with van der Waals surface area (Å²) in [7, 11) is 0. The van der Waals surface area contributed by atoms with E-state index in [9.17, 15) is 5.11 Å². The Kier molecular flexibility index (Phi) is 4.90. The van der Waals surface area contributed by atoms with Gasteiger partial charge in [0.15, 0.2) is 0 Å². The van der Waals surface area contributed by atoms with Crippen molar-refractivity contribution < 1.29 is 21.9 Å². The average molecular weight is 319 g/mol. The van der Waals surface area contributed by atoms with Gasteiger partial charge in [0.2, 0.25) is 5.62 Å². The van der Waals surface area contributed by atoms with E-state index in [-0.39, 0.29) is 19.0 Å². The van der Waals surface area contributed by atoms with Gasteiger partial charge in [-0.25, -0.2) is 0 Å². The maximum atomic E-state index is 10.3. The summed E-state index contributed by atoms with van der Waals surface area (Å²) in [5.41, 5.74) is 2.20. The number of hydrogen-bond donors (Lipinski definition) is 2. The van der Waals surface area contributed by atoms with Crippen molar-refractivity contribution in [2.75, 3.05) is 0 Å². The van der Waals surface area contributed by atoms with Crippen LogP contribution in [0.3, 0.4) is 0 Å². The Bertz CT molecular complexity index is 818. The second-order valence-electron chi connectivity index (χ2n) is 4.85. The molecule has 22 heavy (non-hydrogen) atoms. The van der Waals surface area contributed by atoms with Crippen molar-refractivity contribution in [2.45, 2.75) is 19.2 Å². The number of allylic oxidation sites excluding steroid dienone is 1. The van der Waals surface area contributed by atoms with Crippen LogP contribution >= 0.6 is 0 Å². The van der Waals surface area contributed by atoms with Gasteiger partial charge in [-0.05, 0) is 24.3 Å². The van der Waals surface area contributed by atoms with Crippen LogP contribution in [-0.4, -0.2) is 14.2 Å².